The Balaban J connectivity index is 1.60. The lowest BCUT2D eigenvalue weighted by molar-refractivity contribution is 0.104. The number of nitrogens with zero attached hydrogens (tertiary/aromatic N) is 1. The van der Waals surface area contributed by atoms with Gasteiger partial charge in [0.1, 0.15) is 5.75 Å². The van der Waals surface area contributed by atoms with E-state index in [1.54, 1.807) is 6.08 Å². The predicted octanol–water partition coefficient (Wildman–Crippen LogP) is 5.37. The van der Waals surface area contributed by atoms with Gasteiger partial charge in [-0.2, -0.15) is 0 Å². The summed E-state index contributed by atoms with van der Waals surface area (Å²) in [5.41, 5.74) is 4.99. The summed E-state index contributed by atoms with van der Waals surface area (Å²) < 4.78 is 6.05. The second kappa shape index (κ2) is 9.70. The molecule has 2 aromatic rings. The van der Waals surface area contributed by atoms with E-state index in [-0.39, 0.29) is 5.78 Å². The van der Waals surface area contributed by atoms with Gasteiger partial charge in [-0.15, -0.1) is 0 Å². The van der Waals surface area contributed by atoms with Gasteiger partial charge in [0.2, 0.25) is 0 Å². The second-order valence-corrected chi connectivity index (χ2v) is 7.74. The highest BCUT2D eigenvalue weighted by molar-refractivity contribution is 6.07. The summed E-state index contributed by atoms with van der Waals surface area (Å²) in [4.78, 5) is 15.1. The van der Waals surface area contributed by atoms with Gasteiger partial charge in [0, 0.05) is 12.1 Å². The van der Waals surface area contributed by atoms with E-state index >= 15 is 0 Å². The summed E-state index contributed by atoms with van der Waals surface area (Å²) in [6, 6.07) is 11.9. The first-order valence-corrected chi connectivity index (χ1v) is 10.3. The van der Waals surface area contributed by atoms with Gasteiger partial charge < -0.3 is 9.64 Å². The lowest BCUT2D eigenvalue weighted by Gasteiger charge is -2.16. The van der Waals surface area contributed by atoms with E-state index in [0.29, 0.717) is 5.56 Å². The van der Waals surface area contributed by atoms with Gasteiger partial charge in [0.15, 0.2) is 5.78 Å². The number of hydrogen-bond acceptors (Lipinski definition) is 3. The molecule has 0 spiro atoms. The monoisotopic (exact) mass is 377 g/mol. The van der Waals surface area contributed by atoms with E-state index < -0.39 is 0 Å². The average Bonchev–Trinajstić information content (AvgIpc) is 3.19. The summed E-state index contributed by atoms with van der Waals surface area (Å²) in [5, 5.41) is 0. The molecule has 3 nitrogen and oxygen atoms in total. The van der Waals surface area contributed by atoms with Crippen LogP contribution in [-0.4, -0.2) is 36.9 Å². The molecule has 3 heteroatoms. The molecular formula is C25H31NO2. The van der Waals surface area contributed by atoms with Crippen LogP contribution < -0.4 is 4.74 Å². The summed E-state index contributed by atoms with van der Waals surface area (Å²) in [7, 11) is 0. The third-order valence-electron chi connectivity index (χ3n) is 5.41. The maximum Gasteiger partial charge on any atom is 0.185 e. The van der Waals surface area contributed by atoms with Gasteiger partial charge in [0.05, 0.1) is 6.61 Å². The van der Waals surface area contributed by atoms with Crippen LogP contribution in [0.4, 0.5) is 0 Å². The Morgan fingerprint density at radius 1 is 1.04 bits per heavy atom. The van der Waals surface area contributed by atoms with Crippen molar-refractivity contribution in [3.8, 4) is 5.75 Å². The van der Waals surface area contributed by atoms with Gasteiger partial charge >= 0.3 is 0 Å². The molecule has 3 rings (SSSR count). The minimum absolute atomic E-state index is 0.0232. The molecule has 0 aliphatic carbocycles. The maximum atomic E-state index is 12.6. The fraction of sp³-hybridized carbons (Fsp3) is 0.400. The standard InChI is InChI=1S/C25H31NO2/c1-19-9-4-5-10-22(19)11-12-24(27)23-17-20(2)25(21(3)18-23)28-16-8-15-26-13-6-7-14-26/h4-5,9-12,17-18H,6-8,13-16H2,1-3H3/b12-11+. The molecule has 0 saturated carbocycles. The number of aryl methyl sites for hydroxylation is 3. The number of hydrogen-bond donors (Lipinski definition) is 0. The van der Waals surface area contributed by atoms with Gasteiger partial charge in [-0.1, -0.05) is 30.3 Å². The van der Waals surface area contributed by atoms with E-state index in [4.69, 9.17) is 4.74 Å². The van der Waals surface area contributed by atoms with Crippen molar-refractivity contribution < 1.29 is 9.53 Å². The number of benzene rings is 2. The number of allylic oxidation sites excluding steroid dienone is 1. The fourth-order valence-corrected chi connectivity index (χ4v) is 3.82. The molecule has 1 fully saturated rings. The maximum absolute atomic E-state index is 12.6. The number of ether oxygens (including phenoxy) is 1. The zero-order valence-corrected chi connectivity index (χ0v) is 17.3. The molecule has 1 aliphatic heterocycles. The first-order chi connectivity index (χ1) is 13.5. The second-order valence-electron chi connectivity index (χ2n) is 7.74. The molecule has 0 atom stereocenters. The molecule has 0 bridgehead atoms. The Hall–Kier alpha value is -2.39. The van der Waals surface area contributed by atoms with E-state index in [0.717, 1.165) is 47.6 Å². The minimum atomic E-state index is 0.0232. The van der Waals surface area contributed by atoms with Crippen LogP contribution in [0.1, 0.15) is 51.9 Å². The zero-order chi connectivity index (χ0) is 19.9. The molecule has 2 aromatic carbocycles. The molecule has 0 amide bonds. The quantitative estimate of drug-likeness (QED) is 0.352. The van der Waals surface area contributed by atoms with Crippen molar-refractivity contribution in [2.45, 2.75) is 40.0 Å². The van der Waals surface area contributed by atoms with Crippen LogP contribution in [0.15, 0.2) is 42.5 Å². The van der Waals surface area contributed by atoms with Gasteiger partial charge in [-0.3, -0.25) is 4.79 Å². The molecule has 148 valence electrons. The van der Waals surface area contributed by atoms with Crippen LogP contribution in [0.5, 0.6) is 5.75 Å². The number of carbonyl (C=O) groups is 1. The Labute approximate surface area is 169 Å². The van der Waals surface area contributed by atoms with E-state index in [9.17, 15) is 4.79 Å². The Morgan fingerprint density at radius 2 is 1.71 bits per heavy atom. The number of ketones is 1. The van der Waals surface area contributed by atoms with E-state index in [1.807, 2.05) is 63.2 Å². The first-order valence-electron chi connectivity index (χ1n) is 10.3. The smallest absolute Gasteiger partial charge is 0.185 e. The Morgan fingerprint density at radius 3 is 2.39 bits per heavy atom. The molecule has 0 N–H and O–H groups in total. The summed E-state index contributed by atoms with van der Waals surface area (Å²) in [5.74, 6) is 0.941. The van der Waals surface area contributed by atoms with Crippen molar-refractivity contribution in [2.75, 3.05) is 26.2 Å². The van der Waals surface area contributed by atoms with Crippen molar-refractivity contribution >= 4 is 11.9 Å². The summed E-state index contributed by atoms with van der Waals surface area (Å²) in [6.07, 6.45) is 7.25. The molecule has 1 saturated heterocycles. The van der Waals surface area contributed by atoms with Crippen LogP contribution in [0.2, 0.25) is 0 Å². The van der Waals surface area contributed by atoms with Crippen LogP contribution in [-0.2, 0) is 0 Å². The molecule has 0 aromatic heterocycles. The van der Waals surface area contributed by atoms with Crippen molar-refractivity contribution in [1.82, 2.24) is 4.90 Å². The van der Waals surface area contributed by atoms with Crippen LogP contribution in [0.25, 0.3) is 6.08 Å². The van der Waals surface area contributed by atoms with Crippen molar-refractivity contribution in [1.29, 1.82) is 0 Å². The van der Waals surface area contributed by atoms with Crippen LogP contribution in [0, 0.1) is 20.8 Å². The molecule has 1 aliphatic rings. The third kappa shape index (κ3) is 5.32. The summed E-state index contributed by atoms with van der Waals surface area (Å²) >= 11 is 0. The Bertz CT molecular complexity index is 824. The topological polar surface area (TPSA) is 29.5 Å². The minimum Gasteiger partial charge on any atom is -0.493 e. The Kier molecular flexibility index (Phi) is 7.05. The molecule has 1 heterocycles. The molecular weight excluding hydrogens is 346 g/mol. The number of rotatable bonds is 8. The lowest BCUT2D eigenvalue weighted by Crippen LogP contribution is -2.22. The van der Waals surface area contributed by atoms with Crippen molar-refractivity contribution in [2.24, 2.45) is 0 Å². The van der Waals surface area contributed by atoms with Crippen LogP contribution in [0.3, 0.4) is 0 Å². The largest absolute Gasteiger partial charge is 0.493 e. The normalized spacial score (nSPS) is 14.7. The van der Waals surface area contributed by atoms with E-state index in [1.165, 1.54) is 25.9 Å². The SMILES string of the molecule is Cc1ccccc1/C=C/C(=O)c1cc(C)c(OCCCN2CCCC2)c(C)c1. The first kappa shape index (κ1) is 20.3. The molecule has 0 unspecified atom stereocenters. The molecule has 0 radical (unpaired) electrons. The summed E-state index contributed by atoms with van der Waals surface area (Å²) in [6.45, 7) is 10.4. The molecule has 28 heavy (non-hydrogen) atoms. The van der Waals surface area contributed by atoms with Gasteiger partial charge in [-0.25, -0.2) is 0 Å². The lowest BCUT2D eigenvalue weighted by atomic mass is 10.0. The van der Waals surface area contributed by atoms with Crippen molar-refractivity contribution in [3.63, 3.8) is 0 Å². The van der Waals surface area contributed by atoms with Gasteiger partial charge in [-0.05, 0) is 93.6 Å². The van der Waals surface area contributed by atoms with Crippen molar-refractivity contribution in [3.05, 3.63) is 70.3 Å². The highest BCUT2D eigenvalue weighted by Crippen LogP contribution is 2.25. The van der Waals surface area contributed by atoms with Gasteiger partial charge in [0.25, 0.3) is 0 Å². The highest BCUT2D eigenvalue weighted by Gasteiger charge is 2.12. The fourth-order valence-electron chi connectivity index (χ4n) is 3.82. The number of likely N-dealkylation sites (tertiary alicyclic amines) is 1. The van der Waals surface area contributed by atoms with Crippen LogP contribution >= 0.6 is 0 Å². The third-order valence-corrected chi connectivity index (χ3v) is 5.41. The number of carbonyl (C=O) groups excluding carboxylic acids is 1. The highest BCUT2D eigenvalue weighted by atomic mass is 16.5. The predicted molar refractivity (Wildman–Crippen MR) is 116 cm³/mol. The average molecular weight is 378 g/mol. The zero-order valence-electron chi connectivity index (χ0n) is 17.3. The van der Waals surface area contributed by atoms with E-state index in [2.05, 4.69) is 4.90 Å².